The number of hydrogen-bond acceptors (Lipinski definition) is 4. The summed E-state index contributed by atoms with van der Waals surface area (Å²) in [6.45, 7) is 8.17. The molecule has 5 nitrogen and oxygen atoms in total. The lowest BCUT2D eigenvalue weighted by Crippen LogP contribution is -2.07. The van der Waals surface area contributed by atoms with Crippen LogP contribution in [-0.4, -0.2) is 30.4 Å². The molecule has 3 aromatic rings. The Bertz CT molecular complexity index is 1000. The maximum absolute atomic E-state index is 11.4. The van der Waals surface area contributed by atoms with Crippen LogP contribution in [-0.2, 0) is 16.1 Å². The Morgan fingerprint density at radius 1 is 0.968 bits per heavy atom. The Hall–Kier alpha value is -2.66. The van der Waals surface area contributed by atoms with E-state index in [2.05, 4.69) is 22.9 Å². The quantitative estimate of drug-likeness (QED) is 0.265. The molecule has 0 atom stereocenters. The summed E-state index contributed by atoms with van der Waals surface area (Å²) in [6.07, 6.45) is 3.99. The summed E-state index contributed by atoms with van der Waals surface area (Å²) < 4.78 is 18.9. The van der Waals surface area contributed by atoms with Crippen molar-refractivity contribution in [2.45, 2.75) is 46.6 Å². The van der Waals surface area contributed by atoms with Gasteiger partial charge in [0, 0.05) is 30.3 Å². The number of esters is 1. The molecule has 0 bridgehead atoms. The summed E-state index contributed by atoms with van der Waals surface area (Å²) in [7, 11) is 0. The second-order valence-corrected chi connectivity index (χ2v) is 7.94. The average molecular weight is 444 g/mol. The number of ether oxygens (including phenoxy) is 3. The van der Waals surface area contributed by atoms with Crippen LogP contribution in [0, 0.1) is 13.8 Å². The van der Waals surface area contributed by atoms with Crippen LogP contribution in [0.1, 0.15) is 37.3 Å². The van der Waals surface area contributed by atoms with Crippen molar-refractivity contribution < 1.29 is 19.0 Å². The molecule has 0 fully saturated rings. The largest absolute Gasteiger partial charge is 0.494 e. The van der Waals surface area contributed by atoms with Crippen molar-refractivity contribution >= 4 is 28.5 Å². The summed E-state index contributed by atoms with van der Waals surface area (Å²) in [5.74, 6) is 1.48. The van der Waals surface area contributed by atoms with Crippen LogP contribution in [0.2, 0.25) is 5.02 Å². The first kappa shape index (κ1) is 23.0. The Morgan fingerprint density at radius 2 is 1.68 bits per heavy atom. The minimum atomic E-state index is -0.179. The number of carbonyl (C=O) groups is 1. The first-order chi connectivity index (χ1) is 15.0. The van der Waals surface area contributed by atoms with E-state index in [0.29, 0.717) is 32.7 Å². The van der Waals surface area contributed by atoms with Crippen molar-refractivity contribution in [3.63, 3.8) is 0 Å². The topological polar surface area (TPSA) is 49.7 Å². The van der Waals surface area contributed by atoms with Gasteiger partial charge in [0.05, 0.1) is 25.3 Å². The number of halogens is 1. The molecule has 0 aliphatic carbocycles. The van der Waals surface area contributed by atoms with Crippen LogP contribution in [0.3, 0.4) is 0 Å². The van der Waals surface area contributed by atoms with Gasteiger partial charge in [0.25, 0.3) is 0 Å². The van der Waals surface area contributed by atoms with Gasteiger partial charge in [-0.2, -0.15) is 0 Å². The SMILES string of the molecule is CCOC(=O)CCCOc1ccc2ccn(CCCOc3cc(C)c(Cl)c(C)c3)c2c1. The second-order valence-electron chi connectivity index (χ2n) is 7.56. The predicted molar refractivity (Wildman–Crippen MR) is 124 cm³/mol. The van der Waals surface area contributed by atoms with Crippen molar-refractivity contribution in [1.82, 2.24) is 4.57 Å². The number of aromatic nitrogens is 1. The first-order valence-corrected chi connectivity index (χ1v) is 11.1. The molecule has 0 N–H and O–H groups in total. The van der Waals surface area contributed by atoms with E-state index in [1.54, 1.807) is 0 Å². The van der Waals surface area contributed by atoms with Gasteiger partial charge in [-0.1, -0.05) is 11.6 Å². The highest BCUT2D eigenvalue weighted by atomic mass is 35.5. The van der Waals surface area contributed by atoms with Crippen LogP contribution in [0.15, 0.2) is 42.6 Å². The molecule has 0 unspecified atom stereocenters. The summed E-state index contributed by atoms with van der Waals surface area (Å²) in [4.78, 5) is 11.4. The fraction of sp³-hybridized carbons (Fsp3) is 0.400. The van der Waals surface area contributed by atoms with Crippen molar-refractivity contribution in [1.29, 1.82) is 0 Å². The van der Waals surface area contributed by atoms with Gasteiger partial charge in [0.15, 0.2) is 0 Å². The fourth-order valence-corrected chi connectivity index (χ4v) is 3.61. The molecule has 31 heavy (non-hydrogen) atoms. The van der Waals surface area contributed by atoms with E-state index in [-0.39, 0.29) is 5.97 Å². The number of hydrogen-bond donors (Lipinski definition) is 0. The Labute approximate surface area is 188 Å². The second kappa shape index (κ2) is 11.1. The van der Waals surface area contributed by atoms with E-state index in [1.165, 1.54) is 5.39 Å². The van der Waals surface area contributed by atoms with Gasteiger partial charge in [-0.25, -0.2) is 0 Å². The summed E-state index contributed by atoms with van der Waals surface area (Å²) in [5.41, 5.74) is 3.19. The lowest BCUT2D eigenvalue weighted by atomic mass is 10.1. The molecule has 0 radical (unpaired) electrons. The molecular weight excluding hydrogens is 414 g/mol. The third-order valence-electron chi connectivity index (χ3n) is 5.07. The molecule has 0 spiro atoms. The van der Waals surface area contributed by atoms with Crippen LogP contribution < -0.4 is 9.47 Å². The van der Waals surface area contributed by atoms with Crippen molar-refractivity contribution in [2.24, 2.45) is 0 Å². The fourth-order valence-electron chi connectivity index (χ4n) is 3.50. The Balaban J connectivity index is 1.50. The third-order valence-corrected chi connectivity index (χ3v) is 5.66. The molecule has 1 heterocycles. The van der Waals surface area contributed by atoms with E-state index in [4.69, 9.17) is 25.8 Å². The monoisotopic (exact) mass is 443 g/mol. The maximum atomic E-state index is 11.4. The van der Waals surface area contributed by atoms with Crippen LogP contribution in [0.25, 0.3) is 10.9 Å². The molecule has 6 heteroatoms. The van der Waals surface area contributed by atoms with Crippen molar-refractivity contribution in [2.75, 3.05) is 19.8 Å². The highest BCUT2D eigenvalue weighted by Gasteiger charge is 2.06. The van der Waals surface area contributed by atoms with Gasteiger partial charge in [0.2, 0.25) is 0 Å². The van der Waals surface area contributed by atoms with Gasteiger partial charge in [-0.3, -0.25) is 4.79 Å². The number of benzene rings is 2. The number of nitrogens with zero attached hydrogens (tertiary/aromatic N) is 1. The number of rotatable bonds is 11. The molecular formula is C25H30ClNO4. The van der Waals surface area contributed by atoms with Gasteiger partial charge >= 0.3 is 5.97 Å². The number of fused-ring (bicyclic) bond motifs is 1. The molecule has 2 aromatic carbocycles. The summed E-state index contributed by atoms with van der Waals surface area (Å²) >= 11 is 6.22. The van der Waals surface area contributed by atoms with Gasteiger partial charge in [-0.05, 0) is 80.5 Å². The number of carbonyl (C=O) groups excluding carboxylic acids is 1. The minimum absolute atomic E-state index is 0.179. The smallest absolute Gasteiger partial charge is 0.305 e. The van der Waals surface area contributed by atoms with Crippen LogP contribution >= 0.6 is 11.6 Å². The third kappa shape index (κ3) is 6.41. The van der Waals surface area contributed by atoms with Crippen molar-refractivity contribution in [3.8, 4) is 11.5 Å². The zero-order valence-electron chi connectivity index (χ0n) is 18.4. The maximum Gasteiger partial charge on any atom is 0.305 e. The van der Waals surface area contributed by atoms with Gasteiger partial charge in [0.1, 0.15) is 11.5 Å². The molecule has 0 aliphatic heterocycles. The van der Waals surface area contributed by atoms with Crippen LogP contribution in [0.4, 0.5) is 0 Å². The Kier molecular flexibility index (Phi) is 8.24. The standard InChI is InChI=1S/C25H30ClNO4/c1-4-29-24(28)7-5-13-30-21-9-8-20-10-12-27(23(20)17-21)11-6-14-31-22-15-18(2)25(26)19(3)16-22/h8-10,12,15-17H,4-7,11,13-14H2,1-3H3. The van der Waals surface area contributed by atoms with E-state index in [1.807, 2.05) is 45.0 Å². The van der Waals surface area contributed by atoms with Gasteiger partial charge < -0.3 is 18.8 Å². The molecule has 166 valence electrons. The van der Waals surface area contributed by atoms with E-state index in [9.17, 15) is 4.79 Å². The zero-order chi connectivity index (χ0) is 22.2. The molecule has 0 saturated carbocycles. The molecule has 0 amide bonds. The van der Waals surface area contributed by atoms with E-state index >= 15 is 0 Å². The van der Waals surface area contributed by atoms with Gasteiger partial charge in [-0.15, -0.1) is 0 Å². The molecule has 0 saturated heterocycles. The lowest BCUT2D eigenvalue weighted by Gasteiger charge is -2.11. The Morgan fingerprint density at radius 3 is 2.42 bits per heavy atom. The predicted octanol–water partition coefficient (Wildman–Crippen LogP) is 6.10. The first-order valence-electron chi connectivity index (χ1n) is 10.7. The van der Waals surface area contributed by atoms with Crippen LogP contribution in [0.5, 0.6) is 11.5 Å². The normalized spacial score (nSPS) is 11.0. The summed E-state index contributed by atoms with van der Waals surface area (Å²) in [5, 5.41) is 1.97. The van der Waals surface area contributed by atoms with Crippen molar-refractivity contribution in [3.05, 3.63) is 58.7 Å². The molecule has 0 aliphatic rings. The minimum Gasteiger partial charge on any atom is -0.494 e. The lowest BCUT2D eigenvalue weighted by molar-refractivity contribution is -0.143. The molecule has 3 rings (SSSR count). The van der Waals surface area contributed by atoms with E-state index < -0.39 is 0 Å². The molecule has 1 aromatic heterocycles. The number of aryl methyl sites for hydroxylation is 3. The summed E-state index contributed by atoms with van der Waals surface area (Å²) in [6, 6.07) is 12.1. The highest BCUT2D eigenvalue weighted by Crippen LogP contribution is 2.26. The zero-order valence-corrected chi connectivity index (χ0v) is 19.2. The highest BCUT2D eigenvalue weighted by molar-refractivity contribution is 6.32. The van der Waals surface area contributed by atoms with E-state index in [0.717, 1.165) is 46.1 Å². The average Bonchev–Trinajstić information content (AvgIpc) is 3.15.